The lowest BCUT2D eigenvalue weighted by molar-refractivity contribution is -0.858. The highest BCUT2D eigenvalue weighted by Crippen LogP contribution is 1.96. The van der Waals surface area contributed by atoms with Gasteiger partial charge in [0.1, 0.15) is 0 Å². The summed E-state index contributed by atoms with van der Waals surface area (Å²) in [5.74, 6) is 0. The Bertz CT molecular complexity index is 242. The second kappa shape index (κ2) is 34.4. The fourth-order valence-electron chi connectivity index (χ4n) is 2.72. The summed E-state index contributed by atoms with van der Waals surface area (Å²) in [6.07, 6.45) is 16.7. The largest absolute Gasteiger partial charge is 0.907 e. The summed E-state index contributed by atoms with van der Waals surface area (Å²) in [7, 11) is 10.4. The molecule has 6 nitrogen and oxygen atoms in total. The number of unbranched alkanes of at least 4 members (excludes halogenated alkanes) is 9. The number of hydrogen-bond donors (Lipinski definition) is 3. The Balaban J connectivity index is -0.000000162. The smallest absolute Gasteiger partial charge is 0.0766 e. The van der Waals surface area contributed by atoms with Crippen LogP contribution in [0.1, 0.15) is 97.8 Å². The molecule has 0 bridgehead atoms. The monoisotopic (exact) mass is 449 g/mol. The maximum atomic E-state index is 8.42. The van der Waals surface area contributed by atoms with E-state index in [2.05, 4.69) is 63.1 Å². The van der Waals surface area contributed by atoms with E-state index in [9.17, 15) is 0 Å². The predicted octanol–water partition coefficient (Wildman–Crippen LogP) is -1.81. The molecule has 0 fully saturated rings. The van der Waals surface area contributed by atoms with Crippen LogP contribution in [0.15, 0.2) is 0 Å². The molecule has 0 aliphatic rings. The molecular formula is C24H60BN3O3. The summed E-state index contributed by atoms with van der Waals surface area (Å²) in [5.41, 5.74) is 0. The first kappa shape index (κ1) is 38.1. The van der Waals surface area contributed by atoms with Crippen LogP contribution in [0.3, 0.4) is 0 Å². The van der Waals surface area contributed by atoms with Crippen molar-refractivity contribution in [2.24, 2.45) is 0 Å². The van der Waals surface area contributed by atoms with Crippen LogP contribution in [-0.4, -0.2) is 69.2 Å². The highest BCUT2D eigenvalue weighted by molar-refractivity contribution is 6.24. The Kier molecular flexibility index (Phi) is 42.3. The molecule has 0 aromatic rings. The Labute approximate surface area is 197 Å². The minimum absolute atomic E-state index is 1.33. The van der Waals surface area contributed by atoms with E-state index in [0.29, 0.717) is 0 Å². The van der Waals surface area contributed by atoms with E-state index in [1.807, 2.05) is 0 Å². The fourth-order valence-corrected chi connectivity index (χ4v) is 2.72. The molecule has 3 N–H and O–H groups in total. The molecule has 0 saturated heterocycles. The molecule has 31 heavy (non-hydrogen) atoms. The van der Waals surface area contributed by atoms with E-state index in [4.69, 9.17) is 15.1 Å². The van der Waals surface area contributed by atoms with E-state index in [0.717, 1.165) is 0 Å². The normalized spacial score (nSPS) is 10.2. The molecule has 0 aromatic heterocycles. The molecule has 0 aliphatic carbocycles. The van der Waals surface area contributed by atoms with Crippen molar-refractivity contribution >= 4 is 7.32 Å². The lowest BCUT2D eigenvalue weighted by atomic mass is 10.2. The minimum Gasteiger partial charge on any atom is -0.907 e. The number of rotatable bonds is 15. The van der Waals surface area contributed by atoms with E-state index >= 15 is 0 Å². The topological polar surface area (TPSA) is 82.5 Å². The van der Waals surface area contributed by atoms with E-state index in [1.54, 1.807) is 14.7 Å². The van der Waals surface area contributed by atoms with Crippen LogP contribution < -0.4 is 29.8 Å². The second-order valence-corrected chi connectivity index (χ2v) is 9.34. The molecule has 0 saturated carbocycles. The third kappa shape index (κ3) is 72.7. The Morgan fingerprint density at radius 2 is 0.613 bits per heavy atom. The molecule has 0 aromatic carbocycles. The Hall–Kier alpha value is -0.175. The van der Waals surface area contributed by atoms with Crippen molar-refractivity contribution in [3.8, 4) is 0 Å². The average molecular weight is 450 g/mol. The number of quaternary nitrogens is 3. The fraction of sp³-hybridized carbons (Fsp3) is 1.00. The summed E-state index contributed by atoms with van der Waals surface area (Å²) >= 11 is 0. The molecule has 0 rings (SSSR count). The van der Waals surface area contributed by atoms with Gasteiger partial charge in [-0.1, -0.05) is 59.3 Å². The first-order chi connectivity index (χ1) is 14.5. The van der Waals surface area contributed by atoms with Crippen LogP contribution in [0.5, 0.6) is 0 Å². The zero-order chi connectivity index (χ0) is 24.9. The molecule has 0 amide bonds. The summed E-state index contributed by atoms with van der Waals surface area (Å²) < 4.78 is 0. The molecule has 0 aliphatic heterocycles. The molecule has 0 atom stereocenters. The van der Waals surface area contributed by atoms with Gasteiger partial charge in [-0.2, -0.15) is 0 Å². The zero-order valence-corrected chi connectivity index (χ0v) is 22.9. The lowest BCUT2D eigenvalue weighted by Gasteiger charge is -2.35. The van der Waals surface area contributed by atoms with Gasteiger partial charge in [0.25, 0.3) is 0 Å². The minimum atomic E-state index is -2.92. The molecule has 0 radical (unpaired) electrons. The van der Waals surface area contributed by atoms with E-state index < -0.39 is 7.32 Å². The van der Waals surface area contributed by atoms with Crippen LogP contribution in [-0.2, 0) is 0 Å². The molecular weight excluding hydrogens is 389 g/mol. The molecule has 0 heterocycles. The average Bonchev–Trinajstić information content (AvgIpc) is 2.66. The molecule has 192 valence electrons. The van der Waals surface area contributed by atoms with Gasteiger partial charge in [-0.15, -0.1) is 0 Å². The van der Waals surface area contributed by atoms with Gasteiger partial charge in [-0.05, 0) is 38.5 Å². The standard InChI is InChI=1S/3C8H19N.BO3/c3*1-4-5-6-7-8-9(2)3;2-1(3)4/h3*4-8H2,1-3H3;/q;;;-3/p+3. The maximum absolute atomic E-state index is 8.42. The third-order valence-corrected chi connectivity index (χ3v) is 4.59. The van der Waals surface area contributed by atoms with Crippen molar-refractivity contribution < 1.29 is 29.8 Å². The third-order valence-electron chi connectivity index (χ3n) is 4.59. The van der Waals surface area contributed by atoms with Gasteiger partial charge < -0.3 is 29.8 Å². The van der Waals surface area contributed by atoms with E-state index in [-0.39, 0.29) is 0 Å². The summed E-state index contributed by atoms with van der Waals surface area (Å²) in [5, 5.41) is 25.2. The Morgan fingerprint density at radius 3 is 0.742 bits per heavy atom. The van der Waals surface area contributed by atoms with Crippen molar-refractivity contribution in [3.05, 3.63) is 0 Å². The van der Waals surface area contributed by atoms with Crippen LogP contribution in [0.4, 0.5) is 0 Å². The summed E-state index contributed by atoms with van der Waals surface area (Å²) in [6, 6.07) is 0. The van der Waals surface area contributed by atoms with E-state index in [1.165, 1.54) is 96.7 Å². The molecule has 7 heteroatoms. The highest BCUT2D eigenvalue weighted by atomic mass is 16.5. The maximum Gasteiger partial charge on any atom is 0.0766 e. The first-order valence-electron chi connectivity index (χ1n) is 12.9. The van der Waals surface area contributed by atoms with Gasteiger partial charge in [0.2, 0.25) is 0 Å². The predicted molar refractivity (Wildman–Crippen MR) is 131 cm³/mol. The van der Waals surface area contributed by atoms with Crippen molar-refractivity contribution in [1.29, 1.82) is 0 Å². The molecule has 0 unspecified atom stereocenters. The first-order valence-corrected chi connectivity index (χ1v) is 12.9. The second-order valence-electron chi connectivity index (χ2n) is 9.34. The SMILES string of the molecule is CCCCCC[NH+](C)C.CCCCCC[NH+](C)C.CCCCCC[NH+](C)C.[O-]B([O-])[O-]. The number of nitrogens with one attached hydrogen (secondary N) is 3. The van der Waals surface area contributed by atoms with Gasteiger partial charge in [0, 0.05) is 0 Å². The van der Waals surface area contributed by atoms with Gasteiger partial charge in [-0.3, -0.25) is 7.32 Å². The van der Waals surface area contributed by atoms with Gasteiger partial charge in [-0.25, -0.2) is 0 Å². The highest BCUT2D eigenvalue weighted by Gasteiger charge is 1.92. The number of hydrogen-bond acceptors (Lipinski definition) is 3. The van der Waals surface area contributed by atoms with Gasteiger partial charge in [0.15, 0.2) is 0 Å². The van der Waals surface area contributed by atoms with Crippen LogP contribution >= 0.6 is 0 Å². The summed E-state index contributed by atoms with van der Waals surface area (Å²) in [6.45, 7) is 10.8. The van der Waals surface area contributed by atoms with Crippen molar-refractivity contribution in [1.82, 2.24) is 0 Å². The summed E-state index contributed by atoms with van der Waals surface area (Å²) in [4.78, 5) is 4.73. The van der Waals surface area contributed by atoms with Crippen LogP contribution in [0, 0.1) is 0 Å². The van der Waals surface area contributed by atoms with Crippen molar-refractivity contribution in [2.45, 2.75) is 97.8 Å². The Morgan fingerprint density at radius 1 is 0.419 bits per heavy atom. The van der Waals surface area contributed by atoms with Gasteiger partial charge in [0.05, 0.1) is 61.9 Å². The van der Waals surface area contributed by atoms with Crippen molar-refractivity contribution in [2.75, 3.05) is 61.9 Å². The van der Waals surface area contributed by atoms with Crippen LogP contribution in [0.2, 0.25) is 0 Å². The zero-order valence-electron chi connectivity index (χ0n) is 22.9. The lowest BCUT2D eigenvalue weighted by Crippen LogP contribution is -3.05. The van der Waals surface area contributed by atoms with Gasteiger partial charge >= 0.3 is 0 Å². The van der Waals surface area contributed by atoms with Crippen LogP contribution in [0.25, 0.3) is 0 Å². The molecule has 0 spiro atoms. The van der Waals surface area contributed by atoms with Crippen molar-refractivity contribution in [3.63, 3.8) is 0 Å². The quantitative estimate of drug-likeness (QED) is 0.204.